The first kappa shape index (κ1) is 24.5. The number of carbonyl (C=O) groups excluding carboxylic acids is 3. The van der Waals surface area contributed by atoms with Crippen LogP contribution in [-0.2, 0) is 20.8 Å². The summed E-state index contributed by atoms with van der Waals surface area (Å²) in [7, 11) is 0. The molecule has 9 heteroatoms. The third-order valence-electron chi connectivity index (χ3n) is 7.68. The Morgan fingerprint density at radius 2 is 1.78 bits per heavy atom. The molecule has 192 valence electrons. The van der Waals surface area contributed by atoms with Crippen molar-refractivity contribution >= 4 is 34.6 Å². The predicted molar refractivity (Wildman–Crippen MR) is 137 cm³/mol. The van der Waals surface area contributed by atoms with Crippen molar-refractivity contribution in [2.75, 3.05) is 0 Å². The van der Waals surface area contributed by atoms with Crippen molar-refractivity contribution in [2.24, 2.45) is 5.92 Å². The molecule has 3 aromatic rings. The molecule has 1 aromatic heterocycles. The summed E-state index contributed by atoms with van der Waals surface area (Å²) in [5.74, 6) is -2.67. The monoisotopic (exact) mass is 502 g/mol. The van der Waals surface area contributed by atoms with E-state index in [0.29, 0.717) is 18.4 Å². The molecule has 5 atom stereocenters. The topological polar surface area (TPSA) is 132 Å². The van der Waals surface area contributed by atoms with Gasteiger partial charge in [-0.3, -0.25) is 14.4 Å². The summed E-state index contributed by atoms with van der Waals surface area (Å²) >= 11 is 0. The van der Waals surface area contributed by atoms with Gasteiger partial charge in [0.1, 0.15) is 18.1 Å². The zero-order valence-corrected chi connectivity index (χ0v) is 20.9. The summed E-state index contributed by atoms with van der Waals surface area (Å²) in [4.78, 5) is 56.7. The van der Waals surface area contributed by atoms with E-state index in [1.165, 1.54) is 6.92 Å². The van der Waals surface area contributed by atoms with Gasteiger partial charge in [-0.25, -0.2) is 4.79 Å². The quantitative estimate of drug-likeness (QED) is 0.395. The first-order valence-corrected chi connectivity index (χ1v) is 12.6. The number of nitrogens with zero attached hydrogens (tertiary/aromatic N) is 1. The minimum absolute atomic E-state index is 0.232. The first-order valence-electron chi connectivity index (χ1n) is 12.6. The number of carboxylic acid groups (broad SMARTS) is 1. The maximum absolute atomic E-state index is 13.6. The average molecular weight is 503 g/mol. The van der Waals surface area contributed by atoms with Gasteiger partial charge >= 0.3 is 5.97 Å². The Labute approximate surface area is 214 Å². The molecule has 3 amide bonds. The molecule has 2 aromatic carbocycles. The number of H-pyrrole nitrogens is 1. The number of para-hydroxylation sites is 1. The number of carboxylic acids is 1. The molecule has 37 heavy (non-hydrogen) atoms. The number of fused-ring (bicyclic) bond motifs is 7. The molecule has 0 radical (unpaired) electrons. The zero-order chi connectivity index (χ0) is 26.4. The fourth-order valence-corrected chi connectivity index (χ4v) is 5.47. The zero-order valence-electron chi connectivity index (χ0n) is 20.9. The van der Waals surface area contributed by atoms with Crippen LogP contribution in [0.4, 0.5) is 0 Å². The number of aliphatic carboxylic acids is 1. The Balaban J connectivity index is 1.45. The van der Waals surface area contributed by atoms with Gasteiger partial charge < -0.3 is 25.6 Å². The largest absolute Gasteiger partial charge is 0.480 e. The van der Waals surface area contributed by atoms with E-state index < -0.39 is 42.0 Å². The van der Waals surface area contributed by atoms with Crippen LogP contribution in [0.3, 0.4) is 0 Å². The third-order valence-corrected chi connectivity index (χ3v) is 7.68. The van der Waals surface area contributed by atoms with Gasteiger partial charge in [-0.1, -0.05) is 56.7 Å². The van der Waals surface area contributed by atoms with Crippen molar-refractivity contribution in [3.05, 3.63) is 70.9 Å². The Bertz CT molecular complexity index is 1410. The molecule has 2 aliphatic heterocycles. The molecular weight excluding hydrogens is 472 g/mol. The van der Waals surface area contributed by atoms with Crippen molar-refractivity contribution in [1.29, 1.82) is 0 Å². The molecule has 0 saturated heterocycles. The molecule has 2 aliphatic rings. The van der Waals surface area contributed by atoms with Crippen LogP contribution in [-0.4, -0.2) is 56.8 Å². The number of amides is 3. The van der Waals surface area contributed by atoms with Gasteiger partial charge in [0.15, 0.2) is 0 Å². The number of hydrogen-bond donors (Lipinski definition) is 4. The molecule has 3 heterocycles. The van der Waals surface area contributed by atoms with Crippen molar-refractivity contribution in [2.45, 2.75) is 57.8 Å². The second kappa shape index (κ2) is 9.38. The highest BCUT2D eigenvalue weighted by atomic mass is 16.4. The molecule has 5 unspecified atom stereocenters. The van der Waals surface area contributed by atoms with E-state index in [4.69, 9.17) is 0 Å². The van der Waals surface area contributed by atoms with Gasteiger partial charge in [0, 0.05) is 28.6 Å². The Morgan fingerprint density at radius 3 is 2.51 bits per heavy atom. The number of nitrogens with one attached hydrogen (secondary N) is 3. The molecule has 0 saturated carbocycles. The van der Waals surface area contributed by atoms with Crippen LogP contribution in [0.2, 0.25) is 0 Å². The molecule has 5 rings (SSSR count). The lowest BCUT2D eigenvalue weighted by Crippen LogP contribution is -2.57. The normalized spacial score (nSPS) is 20.4. The lowest BCUT2D eigenvalue weighted by molar-refractivity contribution is -0.143. The predicted octanol–water partition coefficient (Wildman–Crippen LogP) is 2.76. The molecular formula is C28H30N4O5. The lowest BCUT2D eigenvalue weighted by atomic mass is 9.90. The van der Waals surface area contributed by atoms with Crippen LogP contribution >= 0.6 is 0 Å². The highest BCUT2D eigenvalue weighted by Gasteiger charge is 2.49. The van der Waals surface area contributed by atoms with Crippen LogP contribution in [0.5, 0.6) is 0 Å². The Morgan fingerprint density at radius 1 is 1.08 bits per heavy atom. The minimum atomic E-state index is -1.12. The van der Waals surface area contributed by atoms with Crippen molar-refractivity contribution in [3.63, 3.8) is 0 Å². The van der Waals surface area contributed by atoms with E-state index in [0.717, 1.165) is 27.7 Å². The molecule has 4 N–H and O–H groups in total. The van der Waals surface area contributed by atoms with Crippen molar-refractivity contribution < 1.29 is 24.3 Å². The SMILES string of the molecule is CCC(C)C(NC(=O)C(C)NC(=O)C1Cc2c([nH]c3ccccc23)C2c3ccccc3C(=O)N12)C(=O)O. The molecule has 9 nitrogen and oxygen atoms in total. The maximum atomic E-state index is 13.6. The van der Waals surface area contributed by atoms with Crippen LogP contribution < -0.4 is 10.6 Å². The fraction of sp³-hybridized carbons (Fsp3) is 0.357. The Hall–Kier alpha value is -4.14. The molecule has 0 aliphatic carbocycles. The van der Waals surface area contributed by atoms with Crippen molar-refractivity contribution in [1.82, 2.24) is 20.5 Å². The summed E-state index contributed by atoms with van der Waals surface area (Å²) in [6.07, 6.45) is 0.867. The molecule has 0 spiro atoms. The van der Waals surface area contributed by atoms with E-state index in [9.17, 15) is 24.3 Å². The van der Waals surface area contributed by atoms with Crippen molar-refractivity contribution in [3.8, 4) is 0 Å². The number of aromatic amines is 1. The minimum Gasteiger partial charge on any atom is -0.480 e. The summed E-state index contributed by atoms with van der Waals surface area (Å²) in [6, 6.07) is 11.9. The first-order chi connectivity index (χ1) is 17.7. The highest BCUT2D eigenvalue weighted by molar-refractivity contribution is 6.04. The summed E-state index contributed by atoms with van der Waals surface area (Å²) in [5, 5.41) is 15.8. The number of hydrogen-bond acceptors (Lipinski definition) is 4. The third kappa shape index (κ3) is 4.04. The number of rotatable bonds is 7. The second-order valence-corrected chi connectivity index (χ2v) is 9.93. The van der Waals surface area contributed by atoms with E-state index in [-0.39, 0.29) is 11.8 Å². The van der Waals surface area contributed by atoms with Gasteiger partial charge in [-0.15, -0.1) is 0 Å². The van der Waals surface area contributed by atoms with Crippen LogP contribution in [0.1, 0.15) is 60.4 Å². The highest BCUT2D eigenvalue weighted by Crippen LogP contribution is 2.46. The molecule has 0 bridgehead atoms. The van der Waals surface area contributed by atoms with E-state index in [1.807, 2.05) is 43.3 Å². The molecule has 0 fully saturated rings. The van der Waals surface area contributed by atoms with Gasteiger partial charge in [-0.05, 0) is 36.1 Å². The Kier molecular flexibility index (Phi) is 6.23. The van der Waals surface area contributed by atoms with Crippen LogP contribution in [0, 0.1) is 5.92 Å². The van der Waals surface area contributed by atoms with E-state index >= 15 is 0 Å². The standard InChI is InChI=1S/C28H30N4O5/c1-4-14(2)22(28(36)37)31-25(33)15(3)29-26(34)21-13-19-16-9-7-8-12-20(16)30-23(19)24-17-10-5-6-11-18(17)27(35)32(21)24/h5-12,14-15,21-22,24,30H,4,13H2,1-3H3,(H,29,34)(H,31,33)(H,36,37). The number of carbonyl (C=O) groups is 4. The average Bonchev–Trinajstić information content (AvgIpc) is 3.41. The second-order valence-electron chi connectivity index (χ2n) is 9.93. The van der Waals surface area contributed by atoms with E-state index in [1.54, 1.807) is 24.0 Å². The maximum Gasteiger partial charge on any atom is 0.326 e. The van der Waals surface area contributed by atoms with Gasteiger partial charge in [0.05, 0.1) is 6.04 Å². The smallest absolute Gasteiger partial charge is 0.326 e. The van der Waals surface area contributed by atoms with Gasteiger partial charge in [0.25, 0.3) is 5.91 Å². The summed E-state index contributed by atoms with van der Waals surface area (Å²) in [5.41, 5.74) is 4.19. The number of aromatic nitrogens is 1. The number of benzene rings is 2. The summed E-state index contributed by atoms with van der Waals surface area (Å²) < 4.78 is 0. The van der Waals surface area contributed by atoms with E-state index in [2.05, 4.69) is 15.6 Å². The van der Waals surface area contributed by atoms with Crippen LogP contribution in [0.25, 0.3) is 10.9 Å². The van der Waals surface area contributed by atoms with Crippen LogP contribution in [0.15, 0.2) is 48.5 Å². The van der Waals surface area contributed by atoms with Gasteiger partial charge in [-0.2, -0.15) is 0 Å². The summed E-state index contributed by atoms with van der Waals surface area (Å²) in [6.45, 7) is 5.11. The fourth-order valence-electron chi connectivity index (χ4n) is 5.47. The lowest BCUT2D eigenvalue weighted by Gasteiger charge is -2.37. The van der Waals surface area contributed by atoms with Gasteiger partial charge in [0.2, 0.25) is 11.8 Å².